The third-order valence-electron chi connectivity index (χ3n) is 4.01. The Morgan fingerprint density at radius 2 is 2.29 bits per heavy atom. The lowest BCUT2D eigenvalue weighted by Crippen LogP contribution is -2.55. The summed E-state index contributed by atoms with van der Waals surface area (Å²) in [5.41, 5.74) is 1.48. The maximum absolute atomic E-state index is 5.42. The molecule has 1 fully saturated rings. The molecule has 1 aromatic rings. The number of rotatable bonds is 4. The van der Waals surface area contributed by atoms with Gasteiger partial charge < -0.3 is 10.1 Å². The first-order valence-corrected chi connectivity index (χ1v) is 7.36. The van der Waals surface area contributed by atoms with Gasteiger partial charge in [-0.3, -0.25) is 0 Å². The molecule has 2 aliphatic rings. The van der Waals surface area contributed by atoms with E-state index in [4.69, 9.17) is 9.72 Å². The number of aryl methyl sites for hydroxylation is 2. The molecule has 0 amide bonds. The fraction of sp³-hybridized carbons (Fsp3) is 0.769. The van der Waals surface area contributed by atoms with Gasteiger partial charge in [0.15, 0.2) is 0 Å². The highest BCUT2D eigenvalue weighted by molar-refractivity contribution is 7.12. The van der Waals surface area contributed by atoms with Crippen molar-refractivity contribution in [2.24, 2.45) is 0 Å². The maximum atomic E-state index is 5.42. The van der Waals surface area contributed by atoms with E-state index >= 15 is 0 Å². The second-order valence-corrected chi connectivity index (χ2v) is 6.20. The zero-order valence-electron chi connectivity index (χ0n) is 10.6. The lowest BCUT2D eigenvalue weighted by molar-refractivity contribution is -0.0325. The zero-order valence-corrected chi connectivity index (χ0v) is 11.4. The number of thiazole rings is 1. The number of nitrogens with zero attached hydrogens (tertiary/aromatic N) is 1. The van der Waals surface area contributed by atoms with Crippen LogP contribution in [0.1, 0.15) is 41.8 Å². The number of hydrogen-bond acceptors (Lipinski definition) is 4. The molecule has 4 heteroatoms. The molecule has 0 aromatic carbocycles. The first-order valence-electron chi connectivity index (χ1n) is 6.54. The topological polar surface area (TPSA) is 34.2 Å². The Balaban J connectivity index is 1.84. The van der Waals surface area contributed by atoms with E-state index in [0.29, 0.717) is 6.10 Å². The Morgan fingerprint density at radius 3 is 2.94 bits per heavy atom. The van der Waals surface area contributed by atoms with E-state index in [1.54, 1.807) is 0 Å². The molecule has 0 spiro atoms. The van der Waals surface area contributed by atoms with E-state index in [0.717, 1.165) is 19.4 Å². The van der Waals surface area contributed by atoms with Crippen molar-refractivity contribution in [3.05, 3.63) is 15.6 Å². The van der Waals surface area contributed by atoms with Crippen molar-refractivity contribution in [1.82, 2.24) is 10.3 Å². The van der Waals surface area contributed by atoms with E-state index in [1.165, 1.54) is 34.8 Å². The van der Waals surface area contributed by atoms with Gasteiger partial charge in [0.1, 0.15) is 5.01 Å². The molecule has 3 nitrogen and oxygen atoms in total. The average Bonchev–Trinajstić information content (AvgIpc) is 2.82. The molecule has 2 aliphatic carbocycles. The van der Waals surface area contributed by atoms with Crippen molar-refractivity contribution in [3.63, 3.8) is 0 Å². The normalized spacial score (nSPS) is 31.3. The van der Waals surface area contributed by atoms with Gasteiger partial charge in [-0.15, -0.1) is 11.3 Å². The number of methoxy groups -OCH3 is 1. The lowest BCUT2D eigenvalue weighted by Gasteiger charge is -2.46. The van der Waals surface area contributed by atoms with Gasteiger partial charge in [-0.25, -0.2) is 4.98 Å². The van der Waals surface area contributed by atoms with Crippen LogP contribution in [0.4, 0.5) is 0 Å². The van der Waals surface area contributed by atoms with Crippen LogP contribution in [0.2, 0.25) is 0 Å². The first-order chi connectivity index (χ1) is 8.27. The van der Waals surface area contributed by atoms with Gasteiger partial charge in [-0.05, 0) is 38.6 Å². The monoisotopic (exact) mass is 252 g/mol. The molecule has 0 aliphatic heterocycles. The Labute approximate surface area is 107 Å². The molecular weight excluding hydrogens is 232 g/mol. The van der Waals surface area contributed by atoms with Crippen LogP contribution in [0, 0.1) is 0 Å². The Hall–Kier alpha value is -0.450. The van der Waals surface area contributed by atoms with Gasteiger partial charge in [-0.2, -0.15) is 0 Å². The highest BCUT2D eigenvalue weighted by atomic mass is 32.1. The summed E-state index contributed by atoms with van der Waals surface area (Å²) in [5, 5.41) is 4.94. The lowest BCUT2D eigenvalue weighted by atomic mass is 9.74. The molecule has 0 saturated heterocycles. The van der Waals surface area contributed by atoms with Crippen molar-refractivity contribution in [2.75, 3.05) is 13.7 Å². The summed E-state index contributed by atoms with van der Waals surface area (Å²) in [5.74, 6) is 0. The van der Waals surface area contributed by atoms with E-state index in [-0.39, 0.29) is 5.54 Å². The Morgan fingerprint density at radius 1 is 1.47 bits per heavy atom. The third kappa shape index (κ3) is 1.83. The highest BCUT2D eigenvalue weighted by Gasteiger charge is 2.48. The fourth-order valence-electron chi connectivity index (χ4n) is 3.01. The van der Waals surface area contributed by atoms with Gasteiger partial charge >= 0.3 is 0 Å². The predicted octanol–water partition coefficient (Wildman–Crippen LogP) is 2.25. The minimum Gasteiger partial charge on any atom is -0.381 e. The molecule has 17 heavy (non-hydrogen) atoms. The fourth-order valence-corrected chi connectivity index (χ4v) is 4.35. The van der Waals surface area contributed by atoms with Gasteiger partial charge in [0.05, 0.1) is 17.3 Å². The second kappa shape index (κ2) is 4.34. The molecule has 1 saturated carbocycles. The van der Waals surface area contributed by atoms with Crippen LogP contribution < -0.4 is 5.32 Å². The van der Waals surface area contributed by atoms with Crippen LogP contribution in [0.5, 0.6) is 0 Å². The summed E-state index contributed by atoms with van der Waals surface area (Å²) in [7, 11) is 1.81. The summed E-state index contributed by atoms with van der Waals surface area (Å²) in [6.45, 7) is 3.17. The quantitative estimate of drug-likeness (QED) is 0.892. The van der Waals surface area contributed by atoms with E-state index in [9.17, 15) is 0 Å². The van der Waals surface area contributed by atoms with E-state index in [2.05, 4.69) is 12.2 Å². The average molecular weight is 252 g/mol. The summed E-state index contributed by atoms with van der Waals surface area (Å²) in [6.07, 6.45) is 6.27. The van der Waals surface area contributed by atoms with Crippen LogP contribution in [-0.2, 0) is 23.1 Å². The van der Waals surface area contributed by atoms with Crippen molar-refractivity contribution in [1.29, 1.82) is 0 Å². The molecule has 1 N–H and O–H groups in total. The minimum absolute atomic E-state index is 0.116. The molecule has 1 heterocycles. The molecule has 0 radical (unpaired) electrons. The summed E-state index contributed by atoms with van der Waals surface area (Å²) in [6, 6.07) is 0. The van der Waals surface area contributed by atoms with Gasteiger partial charge in [0.25, 0.3) is 0 Å². The number of aromatic nitrogens is 1. The summed E-state index contributed by atoms with van der Waals surface area (Å²) >= 11 is 1.93. The van der Waals surface area contributed by atoms with Gasteiger partial charge in [0.2, 0.25) is 0 Å². The maximum Gasteiger partial charge on any atom is 0.113 e. The van der Waals surface area contributed by atoms with Crippen LogP contribution in [-0.4, -0.2) is 24.7 Å². The number of fused-ring (bicyclic) bond motifs is 1. The first kappa shape index (κ1) is 11.6. The minimum atomic E-state index is 0.116. The SMILES string of the molecule is CCNC1(c2nc3c(s2)CCC3)CC(OC)C1. The van der Waals surface area contributed by atoms with Crippen LogP contribution in [0.25, 0.3) is 0 Å². The largest absolute Gasteiger partial charge is 0.381 e. The summed E-state index contributed by atoms with van der Waals surface area (Å²) in [4.78, 5) is 6.40. The number of ether oxygens (including phenoxy) is 1. The van der Waals surface area contributed by atoms with Crippen molar-refractivity contribution in [3.8, 4) is 0 Å². The molecule has 94 valence electrons. The smallest absolute Gasteiger partial charge is 0.113 e. The van der Waals surface area contributed by atoms with Crippen molar-refractivity contribution < 1.29 is 4.74 Å². The molecular formula is C13H20N2OS. The molecule has 0 atom stereocenters. The predicted molar refractivity (Wildman–Crippen MR) is 69.5 cm³/mol. The Bertz CT molecular complexity index is 388. The third-order valence-corrected chi connectivity index (χ3v) is 5.37. The molecule has 0 bridgehead atoms. The van der Waals surface area contributed by atoms with E-state index < -0.39 is 0 Å². The van der Waals surface area contributed by atoms with E-state index in [1.807, 2.05) is 18.4 Å². The van der Waals surface area contributed by atoms with Crippen LogP contribution in [0.15, 0.2) is 0 Å². The second-order valence-electron chi connectivity index (χ2n) is 5.12. The van der Waals surface area contributed by atoms with Crippen LogP contribution in [0.3, 0.4) is 0 Å². The zero-order chi connectivity index (χ0) is 11.9. The number of hydrogen-bond donors (Lipinski definition) is 1. The van der Waals surface area contributed by atoms with Gasteiger partial charge in [-0.1, -0.05) is 6.92 Å². The van der Waals surface area contributed by atoms with Crippen LogP contribution >= 0.6 is 11.3 Å². The molecule has 0 unspecified atom stereocenters. The molecule has 3 rings (SSSR count). The van der Waals surface area contributed by atoms with Gasteiger partial charge in [0, 0.05) is 12.0 Å². The standard InChI is InChI=1S/C13H20N2OS/c1-3-14-13(7-9(8-13)16-2)12-15-10-5-4-6-11(10)17-12/h9,14H,3-8H2,1-2H3. The highest BCUT2D eigenvalue weighted by Crippen LogP contribution is 2.45. The summed E-state index contributed by atoms with van der Waals surface area (Å²) < 4.78 is 5.42. The van der Waals surface area contributed by atoms with Crippen molar-refractivity contribution in [2.45, 2.75) is 50.7 Å². The molecule has 1 aromatic heterocycles. The van der Waals surface area contributed by atoms with Crippen molar-refractivity contribution >= 4 is 11.3 Å². The number of nitrogens with one attached hydrogen (secondary N) is 1. The Kier molecular flexibility index (Phi) is 2.97.